The van der Waals surface area contributed by atoms with Crippen molar-refractivity contribution in [1.82, 2.24) is 14.1 Å². The van der Waals surface area contributed by atoms with Gasteiger partial charge in [0.15, 0.2) is 23.0 Å². The average molecular weight is 500 g/mol. The molecule has 0 N–H and O–H groups in total. The van der Waals surface area contributed by atoms with Gasteiger partial charge in [-0.15, -0.1) is 12.8 Å². The molecule has 2 aromatic heterocycles. The van der Waals surface area contributed by atoms with E-state index < -0.39 is 0 Å². The SMILES string of the molecule is C#CCOc1cc(-c2c(-n3c(=O)n(CC#C)c4cnccc43)cc(OC)c(OC)c2OC)ccc1OC. The molecule has 2 aromatic carbocycles. The van der Waals surface area contributed by atoms with E-state index in [4.69, 9.17) is 36.5 Å². The highest BCUT2D eigenvalue weighted by Crippen LogP contribution is 2.49. The van der Waals surface area contributed by atoms with Gasteiger partial charge in [0, 0.05) is 12.3 Å². The highest BCUT2D eigenvalue weighted by atomic mass is 16.5. The summed E-state index contributed by atoms with van der Waals surface area (Å²) < 4.78 is 31.3. The van der Waals surface area contributed by atoms with Crippen molar-refractivity contribution in [2.75, 3.05) is 35.0 Å². The van der Waals surface area contributed by atoms with Crippen molar-refractivity contribution in [2.45, 2.75) is 6.54 Å². The molecule has 2 heterocycles. The lowest BCUT2D eigenvalue weighted by Crippen LogP contribution is -2.23. The fourth-order valence-electron chi connectivity index (χ4n) is 4.24. The minimum Gasteiger partial charge on any atom is -0.493 e. The number of benzene rings is 2. The monoisotopic (exact) mass is 499 g/mol. The number of aromatic nitrogens is 3. The van der Waals surface area contributed by atoms with Crippen molar-refractivity contribution in [2.24, 2.45) is 0 Å². The third-order valence-electron chi connectivity index (χ3n) is 5.79. The summed E-state index contributed by atoms with van der Waals surface area (Å²) >= 11 is 0. The summed E-state index contributed by atoms with van der Waals surface area (Å²) in [6.07, 6.45) is 14.2. The molecule has 4 rings (SSSR count). The van der Waals surface area contributed by atoms with E-state index >= 15 is 0 Å². The quantitative estimate of drug-likeness (QED) is 0.326. The normalized spacial score (nSPS) is 10.4. The van der Waals surface area contributed by atoms with Crippen LogP contribution < -0.4 is 29.4 Å². The molecule has 0 fully saturated rings. The molecule has 0 spiro atoms. The van der Waals surface area contributed by atoms with Crippen LogP contribution in [0.15, 0.2) is 47.5 Å². The Bertz CT molecular complexity index is 1600. The summed E-state index contributed by atoms with van der Waals surface area (Å²) in [6.45, 7) is 0.113. The summed E-state index contributed by atoms with van der Waals surface area (Å²) in [6, 6.07) is 8.78. The van der Waals surface area contributed by atoms with Crippen LogP contribution in [-0.2, 0) is 6.54 Å². The van der Waals surface area contributed by atoms with Crippen LogP contribution in [0.3, 0.4) is 0 Å². The number of hydrogen-bond acceptors (Lipinski definition) is 7. The van der Waals surface area contributed by atoms with E-state index in [1.165, 1.54) is 33.0 Å². The molecular weight excluding hydrogens is 474 g/mol. The van der Waals surface area contributed by atoms with Crippen molar-refractivity contribution in [3.63, 3.8) is 0 Å². The van der Waals surface area contributed by atoms with Crippen molar-refractivity contribution < 1.29 is 23.7 Å². The molecule has 0 aliphatic rings. The minimum atomic E-state index is -0.353. The first kappa shape index (κ1) is 25.1. The number of nitrogens with zero attached hydrogens (tertiary/aromatic N) is 3. The maximum Gasteiger partial charge on any atom is 0.334 e. The molecule has 0 unspecified atom stereocenters. The highest BCUT2D eigenvalue weighted by Gasteiger charge is 2.26. The third-order valence-corrected chi connectivity index (χ3v) is 5.79. The third kappa shape index (κ3) is 4.28. The van der Waals surface area contributed by atoms with Gasteiger partial charge in [-0.2, -0.15) is 0 Å². The zero-order valence-corrected chi connectivity index (χ0v) is 20.9. The van der Waals surface area contributed by atoms with Crippen LogP contribution in [0.5, 0.6) is 28.7 Å². The Kier molecular flexibility index (Phi) is 7.26. The van der Waals surface area contributed by atoms with Gasteiger partial charge < -0.3 is 23.7 Å². The Morgan fingerprint density at radius 1 is 0.865 bits per heavy atom. The van der Waals surface area contributed by atoms with E-state index in [-0.39, 0.29) is 18.8 Å². The smallest absolute Gasteiger partial charge is 0.334 e. The van der Waals surface area contributed by atoms with Crippen molar-refractivity contribution in [3.05, 3.63) is 53.2 Å². The van der Waals surface area contributed by atoms with E-state index in [0.29, 0.717) is 56.6 Å². The number of rotatable bonds is 9. The number of methoxy groups -OCH3 is 4. The number of fused-ring (bicyclic) bond motifs is 1. The number of pyridine rings is 1. The zero-order chi connectivity index (χ0) is 26.5. The maximum atomic E-state index is 13.7. The number of terminal acetylenes is 2. The van der Waals surface area contributed by atoms with Crippen molar-refractivity contribution in [1.29, 1.82) is 0 Å². The van der Waals surface area contributed by atoms with Crippen LogP contribution in [-0.4, -0.2) is 49.2 Å². The molecule has 0 radical (unpaired) electrons. The predicted molar refractivity (Wildman–Crippen MR) is 140 cm³/mol. The minimum absolute atomic E-state index is 0.0434. The molecule has 37 heavy (non-hydrogen) atoms. The van der Waals surface area contributed by atoms with Crippen LogP contribution in [0, 0.1) is 24.7 Å². The first-order chi connectivity index (χ1) is 18.0. The molecule has 0 amide bonds. The molecule has 0 atom stereocenters. The van der Waals surface area contributed by atoms with Crippen LogP contribution in [0.4, 0.5) is 0 Å². The molecule has 188 valence electrons. The predicted octanol–water partition coefficient (Wildman–Crippen LogP) is 3.53. The summed E-state index contributed by atoms with van der Waals surface area (Å²) in [5, 5.41) is 0. The lowest BCUT2D eigenvalue weighted by molar-refractivity contribution is 0.325. The van der Waals surface area contributed by atoms with Gasteiger partial charge in [0.1, 0.15) is 6.61 Å². The summed E-state index contributed by atoms with van der Waals surface area (Å²) in [7, 11) is 6.07. The topological polar surface area (TPSA) is 86.0 Å². The first-order valence-electron chi connectivity index (χ1n) is 11.1. The van der Waals surface area contributed by atoms with E-state index in [1.54, 1.807) is 41.2 Å². The largest absolute Gasteiger partial charge is 0.493 e. The van der Waals surface area contributed by atoms with Crippen molar-refractivity contribution >= 4 is 11.0 Å². The van der Waals surface area contributed by atoms with E-state index in [0.717, 1.165) is 0 Å². The lowest BCUT2D eigenvalue weighted by atomic mass is 10.00. The number of imidazole rings is 1. The van der Waals surface area contributed by atoms with Crippen LogP contribution >= 0.6 is 0 Å². The van der Waals surface area contributed by atoms with Gasteiger partial charge in [0.2, 0.25) is 5.75 Å². The lowest BCUT2D eigenvalue weighted by Gasteiger charge is -2.21. The fraction of sp³-hybridized carbons (Fsp3) is 0.214. The Hall–Kier alpha value is -5.02. The molecule has 0 aliphatic carbocycles. The van der Waals surface area contributed by atoms with E-state index in [2.05, 4.69) is 16.8 Å². The summed E-state index contributed by atoms with van der Waals surface area (Å²) in [5.41, 5.74) is 2.50. The Balaban J connectivity index is 2.15. The Labute approximate surface area is 214 Å². The summed E-state index contributed by atoms with van der Waals surface area (Å²) in [4.78, 5) is 17.9. The molecule has 9 heteroatoms. The molecule has 9 nitrogen and oxygen atoms in total. The Morgan fingerprint density at radius 2 is 1.62 bits per heavy atom. The molecule has 0 saturated heterocycles. The standard InChI is InChI=1S/C28H25N3O6/c1-7-13-30-21-17-29-12-11-19(21)31(28(30)32)20-16-24(34-4)26(35-5)27(36-6)25(20)18-9-10-22(33-3)23(15-18)37-14-8-2/h1-2,9-12,15-17H,13-14H2,3-6H3. The van der Waals surface area contributed by atoms with Crippen LogP contribution in [0.1, 0.15) is 0 Å². The second kappa shape index (κ2) is 10.7. The van der Waals surface area contributed by atoms with Gasteiger partial charge in [0.05, 0.1) is 63.5 Å². The van der Waals surface area contributed by atoms with E-state index in [1.807, 2.05) is 6.07 Å². The molecule has 0 aliphatic heterocycles. The maximum absolute atomic E-state index is 13.7. The van der Waals surface area contributed by atoms with Gasteiger partial charge in [-0.3, -0.25) is 14.1 Å². The molecule has 0 bridgehead atoms. The fourth-order valence-corrected chi connectivity index (χ4v) is 4.24. The number of ether oxygens (including phenoxy) is 5. The van der Waals surface area contributed by atoms with Crippen molar-refractivity contribution in [3.8, 4) is 70.2 Å². The molecule has 4 aromatic rings. The van der Waals surface area contributed by atoms with Crippen LogP contribution in [0.2, 0.25) is 0 Å². The molecular formula is C28H25N3O6. The Morgan fingerprint density at radius 3 is 2.27 bits per heavy atom. The van der Waals surface area contributed by atoms with Crippen LogP contribution in [0.25, 0.3) is 27.8 Å². The van der Waals surface area contributed by atoms with Gasteiger partial charge in [-0.25, -0.2) is 4.79 Å². The zero-order valence-electron chi connectivity index (χ0n) is 20.9. The van der Waals surface area contributed by atoms with Gasteiger partial charge in [0.25, 0.3) is 0 Å². The van der Waals surface area contributed by atoms with E-state index in [9.17, 15) is 4.79 Å². The first-order valence-corrected chi connectivity index (χ1v) is 11.1. The second-order valence-electron chi connectivity index (χ2n) is 7.67. The van der Waals surface area contributed by atoms with Gasteiger partial charge in [-0.05, 0) is 23.8 Å². The highest BCUT2D eigenvalue weighted by molar-refractivity contribution is 5.88. The van der Waals surface area contributed by atoms with Gasteiger partial charge >= 0.3 is 5.69 Å². The second-order valence-corrected chi connectivity index (χ2v) is 7.67. The average Bonchev–Trinajstić information content (AvgIpc) is 3.21. The summed E-state index contributed by atoms with van der Waals surface area (Å²) in [5.74, 6) is 6.98. The molecule has 0 saturated carbocycles. The number of hydrogen-bond donors (Lipinski definition) is 0. The van der Waals surface area contributed by atoms with Gasteiger partial charge in [-0.1, -0.05) is 17.9 Å².